The van der Waals surface area contributed by atoms with Crippen molar-refractivity contribution in [1.29, 1.82) is 5.26 Å². The summed E-state index contributed by atoms with van der Waals surface area (Å²) >= 11 is 0. The number of nitrogens with one attached hydrogen (secondary N) is 1. The van der Waals surface area contributed by atoms with Crippen molar-refractivity contribution in [2.24, 2.45) is 0 Å². The molecule has 0 unspecified atom stereocenters. The average Bonchev–Trinajstić information content (AvgIpc) is 2.61. The highest BCUT2D eigenvalue weighted by Crippen LogP contribution is 2.15. The van der Waals surface area contributed by atoms with Crippen LogP contribution in [0, 0.1) is 18.3 Å². The van der Waals surface area contributed by atoms with Crippen molar-refractivity contribution in [2.45, 2.75) is 18.2 Å². The Bertz CT molecular complexity index is 471. The van der Waals surface area contributed by atoms with E-state index in [9.17, 15) is 8.42 Å². The number of hydrogen-bond donors (Lipinski definition) is 1. The van der Waals surface area contributed by atoms with E-state index in [1.54, 1.807) is 6.92 Å². The first-order valence-electron chi connectivity index (χ1n) is 4.33. The van der Waals surface area contributed by atoms with Crippen LogP contribution in [0.1, 0.15) is 12.1 Å². The maximum atomic E-state index is 11.9. The number of aryl methyl sites for hydroxylation is 1. The molecular formula is C8H12N4O2S. The van der Waals surface area contributed by atoms with Crippen LogP contribution in [0.4, 0.5) is 0 Å². The molecule has 0 bridgehead atoms. The number of nitriles is 1. The molecule has 0 atom stereocenters. The molecule has 15 heavy (non-hydrogen) atoms. The minimum Gasteiger partial charge on any atom is -0.281 e. The third-order valence-corrected chi connectivity index (χ3v) is 3.98. The van der Waals surface area contributed by atoms with E-state index in [1.165, 1.54) is 13.2 Å². The highest BCUT2D eigenvalue weighted by molar-refractivity contribution is 7.89. The van der Waals surface area contributed by atoms with Gasteiger partial charge in [-0.3, -0.25) is 5.10 Å². The van der Waals surface area contributed by atoms with Gasteiger partial charge in [-0.15, -0.1) is 0 Å². The molecule has 0 aliphatic rings. The molecule has 7 heteroatoms. The van der Waals surface area contributed by atoms with Crippen LogP contribution in [0.15, 0.2) is 11.1 Å². The third kappa shape index (κ3) is 2.34. The number of aromatic nitrogens is 2. The Morgan fingerprint density at radius 1 is 1.67 bits per heavy atom. The second-order valence-electron chi connectivity index (χ2n) is 3.09. The number of rotatable bonds is 4. The first-order chi connectivity index (χ1) is 7.00. The Labute approximate surface area is 88.6 Å². The van der Waals surface area contributed by atoms with Crippen LogP contribution in [-0.4, -0.2) is 36.5 Å². The second-order valence-corrected chi connectivity index (χ2v) is 5.11. The van der Waals surface area contributed by atoms with Crippen molar-refractivity contribution in [2.75, 3.05) is 13.6 Å². The van der Waals surface area contributed by atoms with Gasteiger partial charge < -0.3 is 0 Å². The van der Waals surface area contributed by atoms with E-state index in [2.05, 4.69) is 10.2 Å². The number of H-pyrrole nitrogens is 1. The highest BCUT2D eigenvalue weighted by atomic mass is 32.2. The smallest absolute Gasteiger partial charge is 0.246 e. The zero-order valence-electron chi connectivity index (χ0n) is 8.56. The summed E-state index contributed by atoms with van der Waals surface area (Å²) in [6, 6.07) is 1.90. The Balaban J connectivity index is 2.94. The molecule has 1 aromatic rings. The molecule has 1 N–H and O–H groups in total. The van der Waals surface area contributed by atoms with Crippen LogP contribution in [0.25, 0.3) is 0 Å². The summed E-state index contributed by atoms with van der Waals surface area (Å²) in [7, 11) is -2.07. The van der Waals surface area contributed by atoms with Crippen molar-refractivity contribution >= 4 is 10.0 Å². The van der Waals surface area contributed by atoms with E-state index in [1.807, 2.05) is 6.07 Å². The summed E-state index contributed by atoms with van der Waals surface area (Å²) in [5.41, 5.74) is 0.499. The maximum absolute atomic E-state index is 11.9. The SMILES string of the molecule is Cc1[nH]ncc1S(=O)(=O)N(C)CCC#N. The summed E-state index contributed by atoms with van der Waals surface area (Å²) < 4.78 is 24.9. The van der Waals surface area contributed by atoms with Crippen LogP contribution >= 0.6 is 0 Å². The molecule has 0 amide bonds. The van der Waals surface area contributed by atoms with E-state index >= 15 is 0 Å². The number of aromatic amines is 1. The number of hydrogen-bond acceptors (Lipinski definition) is 4. The molecule has 1 rings (SSSR count). The van der Waals surface area contributed by atoms with Gasteiger partial charge in [0.2, 0.25) is 10.0 Å². The summed E-state index contributed by atoms with van der Waals surface area (Å²) in [5, 5.41) is 14.6. The highest BCUT2D eigenvalue weighted by Gasteiger charge is 2.23. The van der Waals surface area contributed by atoms with Gasteiger partial charge in [0.15, 0.2) is 0 Å². The molecule has 0 saturated heterocycles. The second kappa shape index (κ2) is 4.42. The Morgan fingerprint density at radius 3 is 2.80 bits per heavy atom. The molecule has 0 aliphatic carbocycles. The maximum Gasteiger partial charge on any atom is 0.246 e. The van der Waals surface area contributed by atoms with Crippen LogP contribution in [0.3, 0.4) is 0 Å². The fourth-order valence-electron chi connectivity index (χ4n) is 1.10. The molecule has 1 aromatic heterocycles. The minimum atomic E-state index is -3.51. The first-order valence-corrected chi connectivity index (χ1v) is 5.77. The van der Waals surface area contributed by atoms with Crippen molar-refractivity contribution in [3.05, 3.63) is 11.9 Å². The van der Waals surface area contributed by atoms with Gasteiger partial charge in [0, 0.05) is 20.0 Å². The van der Waals surface area contributed by atoms with Gasteiger partial charge in [0.25, 0.3) is 0 Å². The van der Waals surface area contributed by atoms with Gasteiger partial charge in [0.05, 0.1) is 18.0 Å². The summed E-state index contributed by atoms with van der Waals surface area (Å²) in [6.07, 6.45) is 1.44. The van der Waals surface area contributed by atoms with Gasteiger partial charge in [-0.2, -0.15) is 14.7 Å². The number of sulfonamides is 1. The molecule has 0 aliphatic heterocycles. The summed E-state index contributed by atoms with van der Waals surface area (Å²) in [4.78, 5) is 0.155. The largest absolute Gasteiger partial charge is 0.281 e. The van der Waals surface area contributed by atoms with Gasteiger partial charge >= 0.3 is 0 Å². The van der Waals surface area contributed by atoms with Crippen molar-refractivity contribution in [3.8, 4) is 6.07 Å². The molecule has 82 valence electrons. The van der Waals surface area contributed by atoms with Crippen molar-refractivity contribution < 1.29 is 8.42 Å². The fourth-order valence-corrected chi connectivity index (χ4v) is 2.38. The lowest BCUT2D eigenvalue weighted by Crippen LogP contribution is -2.28. The molecule has 0 fully saturated rings. The topological polar surface area (TPSA) is 89.8 Å². The molecule has 1 heterocycles. The van der Waals surface area contributed by atoms with Crippen molar-refractivity contribution in [3.63, 3.8) is 0 Å². The van der Waals surface area contributed by atoms with E-state index in [0.29, 0.717) is 5.69 Å². The fraction of sp³-hybridized carbons (Fsp3) is 0.500. The number of nitrogens with zero attached hydrogens (tertiary/aromatic N) is 3. The molecule has 6 nitrogen and oxygen atoms in total. The van der Waals surface area contributed by atoms with Crippen molar-refractivity contribution in [1.82, 2.24) is 14.5 Å². The molecule has 0 spiro atoms. The minimum absolute atomic E-state index is 0.155. The lowest BCUT2D eigenvalue weighted by molar-refractivity contribution is 0.476. The Morgan fingerprint density at radius 2 is 2.33 bits per heavy atom. The zero-order valence-corrected chi connectivity index (χ0v) is 9.37. The average molecular weight is 228 g/mol. The van der Waals surface area contributed by atoms with Gasteiger partial charge in [-0.05, 0) is 6.92 Å². The molecule has 0 aromatic carbocycles. The molecular weight excluding hydrogens is 216 g/mol. The predicted molar refractivity (Wildman–Crippen MR) is 53.4 cm³/mol. The van der Waals surface area contributed by atoms with Crippen LogP contribution in [0.2, 0.25) is 0 Å². The molecule has 0 saturated carbocycles. The predicted octanol–water partition coefficient (Wildman–Crippen LogP) is 0.252. The summed E-state index contributed by atoms with van der Waals surface area (Å²) in [5.74, 6) is 0. The third-order valence-electron chi connectivity index (χ3n) is 2.01. The Kier molecular flexibility index (Phi) is 3.44. The van der Waals surface area contributed by atoms with Crippen LogP contribution in [0.5, 0.6) is 0 Å². The lowest BCUT2D eigenvalue weighted by Gasteiger charge is -2.14. The standard InChI is InChI=1S/C8H12N4O2S/c1-7-8(6-10-11-7)15(13,14)12(2)5-3-4-9/h6H,3,5H2,1-2H3,(H,10,11). The van der Waals surface area contributed by atoms with Gasteiger partial charge in [-0.25, -0.2) is 8.42 Å². The molecule has 0 radical (unpaired) electrons. The van der Waals surface area contributed by atoms with Gasteiger partial charge in [-0.1, -0.05) is 0 Å². The normalized spacial score (nSPS) is 11.6. The summed E-state index contributed by atoms with van der Waals surface area (Å²) in [6.45, 7) is 1.82. The van der Waals surface area contributed by atoms with Crippen LogP contribution < -0.4 is 0 Å². The van der Waals surface area contributed by atoms with E-state index < -0.39 is 10.0 Å². The van der Waals surface area contributed by atoms with E-state index in [4.69, 9.17) is 5.26 Å². The monoisotopic (exact) mass is 228 g/mol. The van der Waals surface area contributed by atoms with E-state index in [0.717, 1.165) is 4.31 Å². The zero-order chi connectivity index (χ0) is 11.5. The first kappa shape index (κ1) is 11.7. The lowest BCUT2D eigenvalue weighted by atomic mass is 10.5. The van der Waals surface area contributed by atoms with E-state index in [-0.39, 0.29) is 17.9 Å². The van der Waals surface area contributed by atoms with Crippen LogP contribution in [-0.2, 0) is 10.0 Å². The Hall–Kier alpha value is -1.39. The van der Waals surface area contributed by atoms with Gasteiger partial charge in [0.1, 0.15) is 4.90 Å². The quantitative estimate of drug-likeness (QED) is 0.800.